The lowest BCUT2D eigenvalue weighted by atomic mass is 9.95. The summed E-state index contributed by atoms with van der Waals surface area (Å²) in [5, 5.41) is 3.42. The number of aromatic nitrogens is 4. The number of aryl methyl sites for hydroxylation is 1. The van der Waals surface area contributed by atoms with Gasteiger partial charge in [0.1, 0.15) is 0 Å². The molecule has 1 aliphatic carbocycles. The second kappa shape index (κ2) is 10.7. The molecule has 1 fully saturated rings. The van der Waals surface area contributed by atoms with E-state index in [-0.39, 0.29) is 28.3 Å². The van der Waals surface area contributed by atoms with Gasteiger partial charge in [-0.05, 0) is 31.2 Å². The Morgan fingerprint density at radius 1 is 1.16 bits per heavy atom. The monoisotopic (exact) mass is 451 g/mol. The predicted molar refractivity (Wildman–Crippen MR) is 127 cm³/mol. The van der Waals surface area contributed by atoms with Crippen LogP contribution in [-0.4, -0.2) is 36.7 Å². The molecule has 2 aromatic heterocycles. The van der Waals surface area contributed by atoms with E-state index in [9.17, 15) is 9.59 Å². The zero-order chi connectivity index (χ0) is 22.3. The first-order chi connectivity index (χ1) is 15.7. The fourth-order valence-corrected chi connectivity index (χ4v) is 5.13. The van der Waals surface area contributed by atoms with Gasteiger partial charge in [0.25, 0.3) is 5.56 Å². The number of thioether (sulfide) groups is 1. The van der Waals surface area contributed by atoms with Crippen molar-refractivity contribution in [2.45, 2.75) is 74.9 Å². The molecule has 0 saturated heterocycles. The van der Waals surface area contributed by atoms with Gasteiger partial charge in [0.2, 0.25) is 5.91 Å². The Labute approximate surface area is 192 Å². The molecule has 8 heteroatoms. The van der Waals surface area contributed by atoms with Crippen molar-refractivity contribution < 1.29 is 4.79 Å². The van der Waals surface area contributed by atoms with E-state index in [2.05, 4.69) is 20.3 Å². The number of benzene rings is 1. The highest BCUT2D eigenvalue weighted by Gasteiger charge is 2.25. The molecule has 4 rings (SSSR count). The van der Waals surface area contributed by atoms with Gasteiger partial charge >= 0.3 is 0 Å². The van der Waals surface area contributed by atoms with E-state index >= 15 is 0 Å². The number of hydrogen-bond acceptors (Lipinski definition) is 6. The van der Waals surface area contributed by atoms with Crippen molar-refractivity contribution in [1.29, 1.82) is 0 Å². The summed E-state index contributed by atoms with van der Waals surface area (Å²) < 4.78 is 1.64. The first kappa shape index (κ1) is 22.5. The minimum absolute atomic E-state index is 0.0208. The number of hydrogen-bond donors (Lipinski definition) is 1. The third-order valence-electron chi connectivity index (χ3n) is 5.89. The Kier molecular flexibility index (Phi) is 7.52. The number of amides is 1. The van der Waals surface area contributed by atoms with E-state index in [1.165, 1.54) is 43.4 Å². The molecule has 32 heavy (non-hydrogen) atoms. The maximum Gasteiger partial charge on any atom is 0.282 e. The van der Waals surface area contributed by atoms with Gasteiger partial charge in [-0.25, -0.2) is 15.0 Å². The summed E-state index contributed by atoms with van der Waals surface area (Å²) in [7, 11) is 0. The minimum atomic E-state index is -0.319. The maximum atomic E-state index is 13.2. The average Bonchev–Trinajstić information content (AvgIpc) is 2.83. The Balaban J connectivity index is 1.60. The van der Waals surface area contributed by atoms with Crippen LogP contribution < -0.4 is 10.9 Å². The number of rotatable bonds is 8. The number of carbonyl (C=O) groups excluding carboxylic acids is 1. The van der Waals surface area contributed by atoms with Crippen LogP contribution in [0.3, 0.4) is 0 Å². The minimum Gasteiger partial charge on any atom is -0.352 e. The summed E-state index contributed by atoms with van der Waals surface area (Å²) in [6.07, 6.45) is 10.0. The lowest BCUT2D eigenvalue weighted by Gasteiger charge is -2.25. The second-order valence-corrected chi connectivity index (χ2v) is 9.34. The average molecular weight is 452 g/mol. The summed E-state index contributed by atoms with van der Waals surface area (Å²) >= 11 is 1.35. The molecule has 1 atom stereocenters. The smallest absolute Gasteiger partial charge is 0.282 e. The van der Waals surface area contributed by atoms with Crippen LogP contribution in [-0.2, 0) is 17.8 Å². The molecule has 0 spiro atoms. The highest BCUT2D eigenvalue weighted by atomic mass is 32.2. The van der Waals surface area contributed by atoms with Crippen molar-refractivity contribution in [3.63, 3.8) is 0 Å². The highest BCUT2D eigenvalue weighted by molar-refractivity contribution is 8.00. The number of nitrogens with one attached hydrogen (secondary N) is 1. The molecule has 3 aromatic rings. The van der Waals surface area contributed by atoms with Gasteiger partial charge in [-0.1, -0.05) is 68.3 Å². The van der Waals surface area contributed by atoms with Crippen LogP contribution in [0.4, 0.5) is 0 Å². The first-order valence-electron chi connectivity index (χ1n) is 11.4. The van der Waals surface area contributed by atoms with Gasteiger partial charge in [-0.2, -0.15) is 0 Å². The number of nitrogens with zero attached hydrogens (tertiary/aromatic N) is 4. The van der Waals surface area contributed by atoms with Gasteiger partial charge in [-0.15, -0.1) is 0 Å². The van der Waals surface area contributed by atoms with Crippen molar-refractivity contribution in [2.75, 3.05) is 0 Å². The highest BCUT2D eigenvalue weighted by Crippen LogP contribution is 2.26. The van der Waals surface area contributed by atoms with Crippen LogP contribution in [0, 0.1) is 0 Å². The van der Waals surface area contributed by atoms with Crippen molar-refractivity contribution in [2.24, 2.45) is 0 Å². The predicted octanol–water partition coefficient (Wildman–Crippen LogP) is 3.75. The lowest BCUT2D eigenvalue weighted by molar-refractivity contribution is -0.121. The van der Waals surface area contributed by atoms with Gasteiger partial charge < -0.3 is 5.32 Å². The summed E-state index contributed by atoms with van der Waals surface area (Å²) in [6.45, 7) is 2.46. The van der Waals surface area contributed by atoms with Crippen LogP contribution in [0.2, 0.25) is 0 Å². The van der Waals surface area contributed by atoms with Crippen LogP contribution in [0.15, 0.2) is 52.7 Å². The van der Waals surface area contributed by atoms with Crippen LogP contribution in [0.1, 0.15) is 51.0 Å². The molecule has 1 aliphatic rings. The molecule has 7 nitrogen and oxygen atoms in total. The molecular formula is C24H29N5O2S. The number of fused-ring (bicyclic) bond motifs is 1. The summed E-state index contributed by atoms with van der Waals surface area (Å²) in [6, 6.07) is 10.3. The molecule has 2 heterocycles. The Bertz CT molecular complexity index is 1110. The van der Waals surface area contributed by atoms with E-state index < -0.39 is 0 Å². The van der Waals surface area contributed by atoms with Crippen molar-refractivity contribution in [3.8, 4) is 0 Å². The zero-order valence-electron chi connectivity index (χ0n) is 18.4. The first-order valence-corrected chi connectivity index (χ1v) is 12.3. The fraction of sp³-hybridized carbons (Fsp3) is 0.458. The molecule has 168 valence electrons. The quantitative estimate of drug-likeness (QED) is 0.414. The van der Waals surface area contributed by atoms with E-state index in [1.807, 2.05) is 37.3 Å². The topological polar surface area (TPSA) is 89.8 Å². The standard InChI is InChI=1S/C24H29N5O2S/c1-2-19(22(30)27-18-11-7-4-8-12-18)32-24-28-21-20(25-14-15-26-21)23(31)29(24)16-13-17-9-5-3-6-10-17/h3,5-6,9-10,14-15,18-19H,2,4,7-8,11-13,16H2,1H3,(H,27,30)/t19-/m1/s1. The molecule has 1 aromatic carbocycles. The Morgan fingerprint density at radius 2 is 1.91 bits per heavy atom. The second-order valence-electron chi connectivity index (χ2n) is 8.17. The van der Waals surface area contributed by atoms with E-state index in [0.717, 1.165) is 18.4 Å². The van der Waals surface area contributed by atoms with Crippen molar-refractivity contribution in [1.82, 2.24) is 24.8 Å². The third-order valence-corrected chi connectivity index (χ3v) is 7.24. The largest absolute Gasteiger partial charge is 0.352 e. The lowest BCUT2D eigenvalue weighted by Crippen LogP contribution is -2.41. The number of carbonyl (C=O) groups is 1. The normalized spacial score (nSPS) is 15.5. The third kappa shape index (κ3) is 5.35. The maximum absolute atomic E-state index is 13.2. The Hall–Kier alpha value is -2.74. The molecule has 1 saturated carbocycles. The molecular weight excluding hydrogens is 422 g/mol. The summed E-state index contributed by atoms with van der Waals surface area (Å²) in [5.74, 6) is 0.0208. The van der Waals surface area contributed by atoms with Crippen molar-refractivity contribution >= 4 is 28.8 Å². The molecule has 0 aliphatic heterocycles. The van der Waals surface area contributed by atoms with Gasteiger partial charge in [-0.3, -0.25) is 14.2 Å². The SMILES string of the molecule is CC[C@@H](Sc1nc2nccnc2c(=O)n1CCc1ccccc1)C(=O)NC1CCCCC1. The van der Waals surface area contributed by atoms with Gasteiger partial charge in [0.15, 0.2) is 16.3 Å². The van der Waals surface area contributed by atoms with Crippen LogP contribution >= 0.6 is 11.8 Å². The molecule has 0 radical (unpaired) electrons. The van der Waals surface area contributed by atoms with Gasteiger partial charge in [0.05, 0.1) is 5.25 Å². The van der Waals surface area contributed by atoms with E-state index in [1.54, 1.807) is 4.57 Å². The van der Waals surface area contributed by atoms with E-state index in [0.29, 0.717) is 30.2 Å². The fourth-order valence-electron chi connectivity index (χ4n) is 4.09. The molecule has 0 unspecified atom stereocenters. The van der Waals surface area contributed by atoms with Crippen LogP contribution in [0.5, 0.6) is 0 Å². The summed E-state index contributed by atoms with van der Waals surface area (Å²) in [4.78, 5) is 39.3. The molecule has 1 N–H and O–H groups in total. The molecule has 0 bridgehead atoms. The van der Waals surface area contributed by atoms with E-state index in [4.69, 9.17) is 0 Å². The summed E-state index contributed by atoms with van der Waals surface area (Å²) in [5.41, 5.74) is 1.49. The zero-order valence-corrected chi connectivity index (χ0v) is 19.2. The molecule has 1 amide bonds. The van der Waals surface area contributed by atoms with Gasteiger partial charge in [0, 0.05) is 25.0 Å². The Morgan fingerprint density at radius 3 is 2.66 bits per heavy atom. The van der Waals surface area contributed by atoms with Crippen LogP contribution in [0.25, 0.3) is 11.2 Å². The van der Waals surface area contributed by atoms with Crippen molar-refractivity contribution in [3.05, 3.63) is 58.6 Å².